The molecule has 0 amide bonds. The molecule has 2 heteroatoms. The van der Waals surface area contributed by atoms with Crippen LogP contribution in [0.3, 0.4) is 0 Å². The monoisotopic (exact) mass is 432 g/mol. The van der Waals surface area contributed by atoms with Crippen molar-refractivity contribution in [3.8, 4) is 33.5 Å². The minimum absolute atomic E-state index is 1.01. The van der Waals surface area contributed by atoms with E-state index in [1.54, 1.807) is 0 Å². The Bertz CT molecular complexity index is 1770. The first-order valence-electron chi connectivity index (χ1n) is 11.5. The summed E-state index contributed by atoms with van der Waals surface area (Å²) in [4.78, 5) is 8.76. The molecule has 0 aliphatic carbocycles. The Kier molecular flexibility index (Phi) is 4.18. The van der Waals surface area contributed by atoms with E-state index in [1.165, 1.54) is 60.1 Å². The quantitative estimate of drug-likeness (QED) is 0.262. The predicted octanol–water partition coefficient (Wildman–Crippen LogP) is 8.38. The molecule has 0 radical (unpaired) electrons. The van der Waals surface area contributed by atoms with Crippen molar-refractivity contribution >= 4 is 32.3 Å². The number of rotatable bonds is 3. The molecule has 0 atom stereocenters. The van der Waals surface area contributed by atoms with Gasteiger partial charge in [-0.15, -0.1) is 0 Å². The lowest BCUT2D eigenvalue weighted by Gasteiger charge is -2.16. The Morgan fingerprint density at radius 2 is 1.00 bits per heavy atom. The molecule has 7 aromatic rings. The van der Waals surface area contributed by atoms with E-state index in [-0.39, 0.29) is 0 Å². The molecule has 7 rings (SSSR count). The maximum absolute atomic E-state index is 4.63. The summed E-state index contributed by atoms with van der Waals surface area (Å²) in [6, 6.07) is 37.0. The van der Waals surface area contributed by atoms with Gasteiger partial charge in [0.2, 0.25) is 0 Å². The van der Waals surface area contributed by atoms with E-state index in [1.807, 2.05) is 42.9 Å². The minimum Gasteiger partial charge on any atom is -0.265 e. The maximum atomic E-state index is 4.63. The van der Waals surface area contributed by atoms with E-state index < -0.39 is 0 Å². The number of aromatic nitrogens is 2. The Labute approximate surface area is 197 Å². The van der Waals surface area contributed by atoms with Crippen molar-refractivity contribution in [1.82, 2.24) is 9.97 Å². The van der Waals surface area contributed by atoms with E-state index in [2.05, 4.69) is 88.8 Å². The molecule has 2 heterocycles. The summed E-state index contributed by atoms with van der Waals surface area (Å²) in [5, 5.41) is 7.70. The van der Waals surface area contributed by atoms with Crippen molar-refractivity contribution in [2.45, 2.75) is 0 Å². The van der Waals surface area contributed by atoms with Crippen LogP contribution in [0, 0.1) is 0 Å². The lowest BCUT2D eigenvalue weighted by molar-refractivity contribution is 1.33. The number of hydrogen-bond donors (Lipinski definition) is 0. The van der Waals surface area contributed by atoms with E-state index in [4.69, 9.17) is 0 Å². The van der Waals surface area contributed by atoms with Gasteiger partial charge in [-0.1, -0.05) is 78.9 Å². The number of pyridine rings is 2. The third-order valence-corrected chi connectivity index (χ3v) is 6.82. The van der Waals surface area contributed by atoms with E-state index in [0.29, 0.717) is 0 Å². The molecular weight excluding hydrogens is 412 g/mol. The molecule has 0 fully saturated rings. The van der Waals surface area contributed by atoms with Crippen molar-refractivity contribution in [1.29, 1.82) is 0 Å². The zero-order chi connectivity index (χ0) is 22.5. The fourth-order valence-corrected chi connectivity index (χ4v) is 5.18. The normalized spacial score (nSPS) is 11.5. The van der Waals surface area contributed by atoms with Crippen LogP contribution in [0.5, 0.6) is 0 Å². The van der Waals surface area contributed by atoms with Gasteiger partial charge in [-0.05, 0) is 78.8 Å². The fraction of sp³-hybridized carbons (Fsp3) is 0. The van der Waals surface area contributed by atoms with Gasteiger partial charge in [0.05, 0.1) is 5.69 Å². The lowest BCUT2D eigenvalue weighted by Crippen LogP contribution is -1.90. The standard InChI is InChI=1S/C32H20N2/c1-2-18-34-30(3-1)27-13-11-25-9-8-24-10-12-26(28-14-15-29(27)32(25)31(24)28)23-6-4-21(5-7-23)22-16-19-33-20-17-22/h1-20H. The van der Waals surface area contributed by atoms with E-state index >= 15 is 0 Å². The summed E-state index contributed by atoms with van der Waals surface area (Å²) in [7, 11) is 0. The summed E-state index contributed by atoms with van der Waals surface area (Å²) in [6.45, 7) is 0. The smallest absolute Gasteiger partial charge is 0.0708 e. The van der Waals surface area contributed by atoms with Crippen LogP contribution in [0.2, 0.25) is 0 Å². The molecule has 34 heavy (non-hydrogen) atoms. The van der Waals surface area contributed by atoms with Gasteiger partial charge in [0.15, 0.2) is 0 Å². The molecule has 0 N–H and O–H groups in total. The summed E-state index contributed by atoms with van der Waals surface area (Å²) >= 11 is 0. The first-order valence-corrected chi connectivity index (χ1v) is 11.5. The molecule has 5 aromatic carbocycles. The van der Waals surface area contributed by atoms with Crippen molar-refractivity contribution in [3.63, 3.8) is 0 Å². The molecule has 0 spiro atoms. The van der Waals surface area contributed by atoms with Crippen molar-refractivity contribution < 1.29 is 0 Å². The summed E-state index contributed by atoms with van der Waals surface area (Å²) in [6.07, 6.45) is 5.54. The van der Waals surface area contributed by atoms with Gasteiger partial charge in [0.25, 0.3) is 0 Å². The highest BCUT2D eigenvalue weighted by atomic mass is 14.7. The molecule has 0 unspecified atom stereocenters. The Morgan fingerprint density at radius 1 is 0.412 bits per heavy atom. The lowest BCUT2D eigenvalue weighted by atomic mass is 9.87. The van der Waals surface area contributed by atoms with Crippen LogP contribution in [-0.4, -0.2) is 9.97 Å². The Balaban J connectivity index is 1.46. The molecule has 158 valence electrons. The zero-order valence-corrected chi connectivity index (χ0v) is 18.4. The topological polar surface area (TPSA) is 25.8 Å². The zero-order valence-electron chi connectivity index (χ0n) is 18.4. The molecule has 0 aliphatic rings. The van der Waals surface area contributed by atoms with Gasteiger partial charge in [-0.3, -0.25) is 9.97 Å². The minimum atomic E-state index is 1.01. The second-order valence-electron chi connectivity index (χ2n) is 8.68. The van der Waals surface area contributed by atoms with Gasteiger partial charge in [-0.25, -0.2) is 0 Å². The van der Waals surface area contributed by atoms with Crippen LogP contribution in [0.25, 0.3) is 65.8 Å². The maximum Gasteiger partial charge on any atom is 0.0708 e. The highest BCUT2D eigenvalue weighted by molar-refractivity contribution is 6.27. The van der Waals surface area contributed by atoms with Crippen molar-refractivity contribution in [2.75, 3.05) is 0 Å². The second kappa shape index (κ2) is 7.50. The van der Waals surface area contributed by atoms with Crippen molar-refractivity contribution in [2.24, 2.45) is 0 Å². The second-order valence-corrected chi connectivity index (χ2v) is 8.68. The number of benzene rings is 5. The van der Waals surface area contributed by atoms with Crippen LogP contribution in [0.15, 0.2) is 122 Å². The molecule has 0 saturated heterocycles. The largest absolute Gasteiger partial charge is 0.265 e. The predicted molar refractivity (Wildman–Crippen MR) is 142 cm³/mol. The van der Waals surface area contributed by atoms with Gasteiger partial charge < -0.3 is 0 Å². The average molecular weight is 433 g/mol. The molecular formula is C32H20N2. The third-order valence-electron chi connectivity index (χ3n) is 6.82. The van der Waals surface area contributed by atoms with Crippen LogP contribution in [0.4, 0.5) is 0 Å². The van der Waals surface area contributed by atoms with Crippen LogP contribution in [0.1, 0.15) is 0 Å². The van der Waals surface area contributed by atoms with Crippen molar-refractivity contribution in [3.05, 3.63) is 122 Å². The summed E-state index contributed by atoms with van der Waals surface area (Å²) < 4.78 is 0. The average Bonchev–Trinajstić information content (AvgIpc) is 2.92. The molecule has 0 bridgehead atoms. The highest BCUT2D eigenvalue weighted by Crippen LogP contribution is 2.42. The Morgan fingerprint density at radius 3 is 1.68 bits per heavy atom. The highest BCUT2D eigenvalue weighted by Gasteiger charge is 2.15. The molecule has 0 saturated carbocycles. The van der Waals surface area contributed by atoms with E-state index in [0.717, 1.165) is 5.69 Å². The van der Waals surface area contributed by atoms with Crippen LogP contribution in [-0.2, 0) is 0 Å². The van der Waals surface area contributed by atoms with Gasteiger partial charge in [-0.2, -0.15) is 0 Å². The summed E-state index contributed by atoms with van der Waals surface area (Å²) in [5.41, 5.74) is 7.04. The van der Waals surface area contributed by atoms with Gasteiger partial charge in [0, 0.05) is 24.2 Å². The van der Waals surface area contributed by atoms with Crippen LogP contribution < -0.4 is 0 Å². The number of nitrogens with zero attached hydrogens (tertiary/aromatic N) is 2. The molecule has 0 aliphatic heterocycles. The SMILES string of the molecule is c1ccc(-c2ccc3ccc4ccc(-c5ccc(-c6ccncc6)cc5)c5ccc2c3c45)nc1. The van der Waals surface area contributed by atoms with Gasteiger partial charge >= 0.3 is 0 Å². The van der Waals surface area contributed by atoms with E-state index in [9.17, 15) is 0 Å². The molecule has 2 aromatic heterocycles. The first kappa shape index (κ1) is 19.0. The third kappa shape index (κ3) is 2.89. The fourth-order valence-electron chi connectivity index (χ4n) is 5.18. The first-order chi connectivity index (χ1) is 16.9. The Hall–Kier alpha value is -4.56. The van der Waals surface area contributed by atoms with Gasteiger partial charge in [0.1, 0.15) is 0 Å². The molecule has 2 nitrogen and oxygen atoms in total. The van der Waals surface area contributed by atoms with Crippen LogP contribution >= 0.6 is 0 Å². The number of hydrogen-bond acceptors (Lipinski definition) is 2. The summed E-state index contributed by atoms with van der Waals surface area (Å²) in [5.74, 6) is 0.